The van der Waals surface area contributed by atoms with E-state index in [1.165, 1.54) is 11.8 Å². The van der Waals surface area contributed by atoms with Crippen LogP contribution in [0.5, 0.6) is 5.75 Å². The molecule has 0 spiro atoms. The van der Waals surface area contributed by atoms with Crippen LogP contribution in [-0.4, -0.2) is 61.3 Å². The highest BCUT2D eigenvalue weighted by molar-refractivity contribution is 8.15. The summed E-state index contributed by atoms with van der Waals surface area (Å²) in [5.74, 6) is 0.825. The van der Waals surface area contributed by atoms with Crippen molar-refractivity contribution in [2.75, 3.05) is 25.7 Å². The molecule has 3 rings (SSSR count). The second-order valence-electron chi connectivity index (χ2n) is 5.72. The molecule has 2 saturated heterocycles. The first kappa shape index (κ1) is 16.3. The van der Waals surface area contributed by atoms with Crippen molar-refractivity contribution in [1.82, 2.24) is 4.90 Å². The van der Waals surface area contributed by atoms with E-state index in [-0.39, 0.29) is 35.1 Å². The van der Waals surface area contributed by atoms with Gasteiger partial charge in [-0.05, 0) is 17.7 Å². The van der Waals surface area contributed by atoms with Gasteiger partial charge in [-0.25, -0.2) is 8.42 Å². The number of sulfone groups is 1. The third kappa shape index (κ3) is 3.53. The Labute approximate surface area is 139 Å². The van der Waals surface area contributed by atoms with Crippen molar-refractivity contribution in [3.05, 3.63) is 29.8 Å². The summed E-state index contributed by atoms with van der Waals surface area (Å²) in [6, 6.07) is 7.22. The molecule has 0 saturated carbocycles. The lowest BCUT2D eigenvalue weighted by atomic mass is 10.1. The number of carbonyl (C=O) groups excluding carboxylic acids is 1. The van der Waals surface area contributed by atoms with E-state index in [1.807, 2.05) is 17.0 Å². The Morgan fingerprint density at radius 2 is 2.04 bits per heavy atom. The zero-order valence-corrected chi connectivity index (χ0v) is 14.6. The van der Waals surface area contributed by atoms with Crippen LogP contribution in [0.4, 0.5) is 0 Å². The summed E-state index contributed by atoms with van der Waals surface area (Å²) >= 11 is 1.39. The number of hydrogen-bond acceptors (Lipinski definition) is 5. The van der Waals surface area contributed by atoms with E-state index in [0.29, 0.717) is 5.17 Å². The lowest BCUT2D eigenvalue weighted by Crippen LogP contribution is -2.34. The fourth-order valence-corrected chi connectivity index (χ4v) is 6.81. The molecule has 2 aliphatic rings. The Bertz CT molecular complexity index is 743. The van der Waals surface area contributed by atoms with Gasteiger partial charge in [-0.15, -0.1) is 0 Å². The van der Waals surface area contributed by atoms with Crippen molar-refractivity contribution in [2.24, 2.45) is 4.99 Å². The number of carbonyl (C=O) groups is 1. The average molecular weight is 354 g/mol. The molecule has 1 amide bonds. The minimum absolute atomic E-state index is 0.0162. The Morgan fingerprint density at radius 3 is 2.65 bits per heavy atom. The molecule has 0 aliphatic carbocycles. The predicted octanol–water partition coefficient (Wildman–Crippen LogP) is 0.964. The maximum atomic E-state index is 12.1. The van der Waals surface area contributed by atoms with Crippen molar-refractivity contribution >= 4 is 32.7 Å². The molecule has 8 heteroatoms. The normalized spacial score (nSPS) is 27.2. The van der Waals surface area contributed by atoms with Crippen molar-refractivity contribution in [3.8, 4) is 5.75 Å². The number of methoxy groups -OCH3 is 1. The van der Waals surface area contributed by atoms with Gasteiger partial charge >= 0.3 is 0 Å². The highest BCUT2D eigenvalue weighted by Gasteiger charge is 2.47. The Morgan fingerprint density at radius 1 is 1.35 bits per heavy atom. The molecule has 0 unspecified atom stereocenters. The van der Waals surface area contributed by atoms with E-state index in [0.717, 1.165) is 11.3 Å². The second-order valence-corrected chi connectivity index (χ2v) is 9.08. The number of nitrogens with zero attached hydrogens (tertiary/aromatic N) is 2. The number of rotatable bonds is 3. The van der Waals surface area contributed by atoms with Crippen LogP contribution in [0.25, 0.3) is 0 Å². The molecule has 0 bridgehead atoms. The van der Waals surface area contributed by atoms with E-state index in [9.17, 15) is 13.2 Å². The average Bonchev–Trinajstić information content (AvgIpc) is 2.94. The summed E-state index contributed by atoms with van der Waals surface area (Å²) in [6.07, 6.45) is 0.218. The SMILES string of the molecule is COc1ccc(CC(=O)N=C2S[C@H]3CS(=O)(=O)C[C@@H]3N2C)cc1. The highest BCUT2D eigenvalue weighted by atomic mass is 32.2. The molecular weight excluding hydrogens is 336 g/mol. The molecule has 0 radical (unpaired) electrons. The molecule has 2 fully saturated rings. The van der Waals surface area contributed by atoms with Crippen molar-refractivity contribution < 1.29 is 17.9 Å². The lowest BCUT2D eigenvalue weighted by Gasteiger charge is -2.17. The van der Waals surface area contributed by atoms with Crippen LogP contribution in [0, 0.1) is 0 Å². The first-order chi connectivity index (χ1) is 10.9. The highest BCUT2D eigenvalue weighted by Crippen LogP contribution is 2.36. The summed E-state index contributed by atoms with van der Waals surface area (Å²) < 4.78 is 28.4. The van der Waals surface area contributed by atoms with Crippen LogP contribution in [0.15, 0.2) is 29.3 Å². The fourth-order valence-electron chi connectivity index (χ4n) is 2.80. The van der Waals surface area contributed by atoms with Crippen LogP contribution in [-0.2, 0) is 21.1 Å². The van der Waals surface area contributed by atoms with Gasteiger partial charge in [0, 0.05) is 12.3 Å². The standard InChI is InChI=1S/C15H18N2O4S2/c1-17-12-8-23(19,20)9-13(12)22-15(17)16-14(18)7-10-3-5-11(21-2)6-4-10/h3-6,12-13H,7-9H2,1-2H3/t12-,13-/m0/s1. The van der Waals surface area contributed by atoms with Gasteiger partial charge in [0.2, 0.25) is 0 Å². The minimum atomic E-state index is -2.96. The predicted molar refractivity (Wildman–Crippen MR) is 90.7 cm³/mol. The molecule has 1 aromatic carbocycles. The maximum Gasteiger partial charge on any atom is 0.252 e. The second kappa shape index (κ2) is 6.16. The van der Waals surface area contributed by atoms with E-state index in [1.54, 1.807) is 26.3 Å². The van der Waals surface area contributed by atoms with E-state index in [4.69, 9.17) is 4.74 Å². The summed E-state index contributed by atoms with van der Waals surface area (Å²) in [5.41, 5.74) is 0.869. The molecular formula is C15H18N2O4S2. The quantitative estimate of drug-likeness (QED) is 0.805. The summed E-state index contributed by atoms with van der Waals surface area (Å²) in [4.78, 5) is 18.1. The maximum absolute atomic E-state index is 12.1. The van der Waals surface area contributed by atoms with Gasteiger partial charge in [-0.2, -0.15) is 4.99 Å². The molecule has 2 heterocycles. The third-order valence-corrected chi connectivity index (χ3v) is 7.36. The molecule has 0 N–H and O–H groups in total. The molecule has 6 nitrogen and oxygen atoms in total. The van der Waals surface area contributed by atoms with Crippen LogP contribution in [0.1, 0.15) is 5.56 Å². The molecule has 1 aromatic rings. The topological polar surface area (TPSA) is 76.0 Å². The minimum Gasteiger partial charge on any atom is -0.497 e. The Hall–Kier alpha value is -1.54. The fraction of sp³-hybridized carbons (Fsp3) is 0.467. The van der Waals surface area contributed by atoms with Crippen LogP contribution in [0.2, 0.25) is 0 Å². The van der Waals surface area contributed by atoms with Gasteiger partial charge in [0.05, 0.1) is 31.1 Å². The van der Waals surface area contributed by atoms with Gasteiger partial charge in [0.15, 0.2) is 15.0 Å². The largest absolute Gasteiger partial charge is 0.497 e. The van der Waals surface area contributed by atoms with Crippen LogP contribution < -0.4 is 4.74 Å². The number of benzene rings is 1. The van der Waals surface area contributed by atoms with Gasteiger partial charge in [-0.3, -0.25) is 4.79 Å². The van der Waals surface area contributed by atoms with Crippen molar-refractivity contribution in [2.45, 2.75) is 17.7 Å². The van der Waals surface area contributed by atoms with Crippen molar-refractivity contribution in [1.29, 1.82) is 0 Å². The number of amidine groups is 1. The zero-order chi connectivity index (χ0) is 16.6. The third-order valence-electron chi connectivity index (χ3n) is 4.06. The lowest BCUT2D eigenvalue weighted by molar-refractivity contribution is -0.117. The smallest absolute Gasteiger partial charge is 0.252 e. The molecule has 2 atom stereocenters. The van der Waals surface area contributed by atoms with E-state index >= 15 is 0 Å². The van der Waals surface area contributed by atoms with Gasteiger partial charge in [0.25, 0.3) is 5.91 Å². The van der Waals surface area contributed by atoms with E-state index in [2.05, 4.69) is 4.99 Å². The van der Waals surface area contributed by atoms with Gasteiger partial charge in [0.1, 0.15) is 5.75 Å². The monoisotopic (exact) mass is 354 g/mol. The number of hydrogen-bond donors (Lipinski definition) is 0. The van der Waals surface area contributed by atoms with Crippen LogP contribution >= 0.6 is 11.8 Å². The Balaban J connectivity index is 1.66. The molecule has 0 aromatic heterocycles. The molecule has 23 heavy (non-hydrogen) atoms. The summed E-state index contributed by atoms with van der Waals surface area (Å²) in [5, 5.41) is 0.603. The van der Waals surface area contributed by atoms with Gasteiger partial charge in [-0.1, -0.05) is 23.9 Å². The van der Waals surface area contributed by atoms with E-state index < -0.39 is 9.84 Å². The summed E-state index contributed by atoms with van der Waals surface area (Å²) in [7, 11) is 0.437. The molecule has 124 valence electrons. The van der Waals surface area contributed by atoms with Gasteiger partial charge < -0.3 is 9.64 Å². The Kier molecular flexibility index (Phi) is 4.37. The number of ether oxygens (including phenoxy) is 1. The van der Waals surface area contributed by atoms with Crippen molar-refractivity contribution in [3.63, 3.8) is 0 Å². The number of thioether (sulfide) groups is 1. The number of amides is 1. The number of aliphatic imine (C=N–C) groups is 1. The zero-order valence-electron chi connectivity index (χ0n) is 12.9. The molecule has 2 aliphatic heterocycles. The first-order valence-corrected chi connectivity index (χ1v) is 9.92. The number of fused-ring (bicyclic) bond motifs is 1. The first-order valence-electron chi connectivity index (χ1n) is 7.22. The van der Waals surface area contributed by atoms with Crippen LogP contribution in [0.3, 0.4) is 0 Å². The summed E-state index contributed by atoms with van der Waals surface area (Å²) in [6.45, 7) is 0.